The van der Waals surface area contributed by atoms with Crippen molar-refractivity contribution in [2.24, 2.45) is 5.92 Å². The zero-order valence-electron chi connectivity index (χ0n) is 9.29. The Bertz CT molecular complexity index is 334. The first-order valence-electron chi connectivity index (χ1n) is 5.19. The normalized spacial score (nSPS) is 10.6. The maximum absolute atomic E-state index is 11.7. The van der Waals surface area contributed by atoms with E-state index < -0.39 is 0 Å². The lowest BCUT2D eigenvalue weighted by Crippen LogP contribution is -2.26. The summed E-state index contributed by atoms with van der Waals surface area (Å²) in [6, 6.07) is 7.07. The highest BCUT2D eigenvalue weighted by molar-refractivity contribution is 5.98. The van der Waals surface area contributed by atoms with Gasteiger partial charge in [-0.25, -0.2) is 0 Å². The van der Waals surface area contributed by atoms with E-state index in [2.05, 4.69) is 19.2 Å². The number of carbonyl (C=O) groups is 1. The number of benzene rings is 1. The van der Waals surface area contributed by atoms with Gasteiger partial charge in [-0.1, -0.05) is 26.0 Å². The number of anilines is 1. The second-order valence-corrected chi connectivity index (χ2v) is 4.07. The molecule has 1 aromatic rings. The molecule has 0 saturated heterocycles. The molecule has 3 N–H and O–H groups in total. The molecule has 0 fully saturated rings. The monoisotopic (exact) mass is 206 g/mol. The van der Waals surface area contributed by atoms with E-state index >= 15 is 0 Å². The number of ketones is 1. The summed E-state index contributed by atoms with van der Waals surface area (Å²) in [6.45, 7) is 5.45. The second-order valence-electron chi connectivity index (χ2n) is 4.07. The van der Waals surface area contributed by atoms with Crippen LogP contribution in [0, 0.1) is 5.92 Å². The Morgan fingerprint density at radius 1 is 1.47 bits per heavy atom. The quantitative estimate of drug-likeness (QED) is 0.569. The highest BCUT2D eigenvalue weighted by Crippen LogP contribution is 2.06. The molecule has 1 aromatic carbocycles. The minimum atomic E-state index is 0.0861. The average molecular weight is 206 g/mol. The van der Waals surface area contributed by atoms with E-state index in [4.69, 9.17) is 5.73 Å². The minimum absolute atomic E-state index is 0.0861. The first kappa shape index (κ1) is 11.7. The van der Waals surface area contributed by atoms with Gasteiger partial charge < -0.3 is 11.1 Å². The van der Waals surface area contributed by atoms with E-state index in [0.717, 1.165) is 6.54 Å². The Morgan fingerprint density at radius 2 is 2.20 bits per heavy atom. The Hall–Kier alpha value is -1.35. The van der Waals surface area contributed by atoms with Gasteiger partial charge in [-0.15, -0.1) is 0 Å². The highest BCUT2D eigenvalue weighted by atomic mass is 16.1. The van der Waals surface area contributed by atoms with Gasteiger partial charge in [-0.2, -0.15) is 0 Å². The summed E-state index contributed by atoms with van der Waals surface area (Å²) >= 11 is 0. The summed E-state index contributed by atoms with van der Waals surface area (Å²) < 4.78 is 0. The summed E-state index contributed by atoms with van der Waals surface area (Å²) in [5.41, 5.74) is 6.90. The fourth-order valence-electron chi connectivity index (χ4n) is 1.29. The third-order valence-electron chi connectivity index (χ3n) is 2.05. The van der Waals surface area contributed by atoms with Gasteiger partial charge in [0.05, 0.1) is 6.54 Å². The van der Waals surface area contributed by atoms with Crippen LogP contribution in [0.15, 0.2) is 24.3 Å². The number of hydrogen-bond donors (Lipinski definition) is 2. The van der Waals surface area contributed by atoms with Crippen LogP contribution < -0.4 is 11.1 Å². The van der Waals surface area contributed by atoms with Crippen LogP contribution in [-0.4, -0.2) is 18.9 Å². The van der Waals surface area contributed by atoms with Gasteiger partial charge in [0.15, 0.2) is 5.78 Å². The molecular weight excluding hydrogens is 188 g/mol. The van der Waals surface area contributed by atoms with Crippen LogP contribution >= 0.6 is 0 Å². The molecule has 0 unspecified atom stereocenters. The maximum atomic E-state index is 11.7. The molecule has 3 heteroatoms. The third-order valence-corrected chi connectivity index (χ3v) is 2.05. The first-order valence-corrected chi connectivity index (χ1v) is 5.19. The van der Waals surface area contributed by atoms with E-state index in [-0.39, 0.29) is 5.78 Å². The van der Waals surface area contributed by atoms with Crippen LogP contribution in [0.5, 0.6) is 0 Å². The zero-order chi connectivity index (χ0) is 11.3. The summed E-state index contributed by atoms with van der Waals surface area (Å²) in [5.74, 6) is 0.640. The van der Waals surface area contributed by atoms with Crippen molar-refractivity contribution in [1.29, 1.82) is 0 Å². The van der Waals surface area contributed by atoms with Crippen LogP contribution in [-0.2, 0) is 0 Å². The maximum Gasteiger partial charge on any atom is 0.176 e. The molecule has 0 heterocycles. The molecule has 0 saturated carbocycles. The Balaban J connectivity index is 2.47. The van der Waals surface area contributed by atoms with Crippen molar-refractivity contribution >= 4 is 11.5 Å². The fraction of sp³-hybridized carbons (Fsp3) is 0.417. The molecule has 3 nitrogen and oxygen atoms in total. The number of nitrogen functional groups attached to an aromatic ring is 1. The minimum Gasteiger partial charge on any atom is -0.399 e. The van der Waals surface area contributed by atoms with Crippen LogP contribution in [0.3, 0.4) is 0 Å². The molecule has 82 valence electrons. The standard InChI is InChI=1S/C12H18N2O/c1-9(2)7-14-8-12(15)10-4-3-5-11(13)6-10/h3-6,9,14H,7-8,13H2,1-2H3. The van der Waals surface area contributed by atoms with Gasteiger partial charge in [0.1, 0.15) is 0 Å². The number of hydrogen-bond acceptors (Lipinski definition) is 3. The predicted octanol–water partition coefficient (Wildman–Crippen LogP) is 1.70. The number of nitrogens with one attached hydrogen (secondary N) is 1. The fourth-order valence-corrected chi connectivity index (χ4v) is 1.29. The van der Waals surface area contributed by atoms with Crippen molar-refractivity contribution in [3.8, 4) is 0 Å². The molecule has 0 aromatic heterocycles. The molecule has 0 aliphatic heterocycles. The largest absolute Gasteiger partial charge is 0.399 e. The van der Waals surface area contributed by atoms with Crippen LogP contribution in [0.4, 0.5) is 5.69 Å². The van der Waals surface area contributed by atoms with Gasteiger partial charge in [0, 0.05) is 11.3 Å². The lowest BCUT2D eigenvalue weighted by atomic mass is 10.1. The molecule has 1 rings (SSSR count). The number of rotatable bonds is 5. The van der Waals surface area contributed by atoms with Crippen molar-refractivity contribution < 1.29 is 4.79 Å². The Kier molecular flexibility index (Phi) is 4.31. The molecule has 0 aliphatic carbocycles. The highest BCUT2D eigenvalue weighted by Gasteiger charge is 2.05. The molecule has 0 amide bonds. The molecule has 0 atom stereocenters. The Morgan fingerprint density at radius 3 is 2.80 bits per heavy atom. The van der Waals surface area contributed by atoms with Crippen LogP contribution in [0.1, 0.15) is 24.2 Å². The van der Waals surface area contributed by atoms with Gasteiger partial charge in [-0.3, -0.25) is 4.79 Å². The molecular formula is C12H18N2O. The van der Waals surface area contributed by atoms with Crippen molar-refractivity contribution in [2.75, 3.05) is 18.8 Å². The Labute approximate surface area is 90.7 Å². The zero-order valence-corrected chi connectivity index (χ0v) is 9.29. The van der Waals surface area contributed by atoms with Crippen molar-refractivity contribution in [1.82, 2.24) is 5.32 Å². The lowest BCUT2D eigenvalue weighted by Gasteiger charge is -2.06. The first-order chi connectivity index (χ1) is 7.09. The van der Waals surface area contributed by atoms with Gasteiger partial charge in [0.2, 0.25) is 0 Å². The third kappa shape index (κ3) is 4.13. The molecule has 0 bridgehead atoms. The topological polar surface area (TPSA) is 55.1 Å². The smallest absolute Gasteiger partial charge is 0.176 e. The van der Waals surface area contributed by atoms with Crippen LogP contribution in [0.25, 0.3) is 0 Å². The summed E-state index contributed by atoms with van der Waals surface area (Å²) in [7, 11) is 0. The van der Waals surface area contributed by atoms with E-state index in [9.17, 15) is 4.79 Å². The molecule has 0 spiro atoms. The van der Waals surface area contributed by atoms with Gasteiger partial charge in [0.25, 0.3) is 0 Å². The number of nitrogens with two attached hydrogens (primary N) is 1. The summed E-state index contributed by atoms with van der Waals surface area (Å²) in [6.07, 6.45) is 0. The van der Waals surface area contributed by atoms with Crippen molar-refractivity contribution in [2.45, 2.75) is 13.8 Å². The van der Waals surface area contributed by atoms with E-state index in [1.807, 2.05) is 0 Å². The van der Waals surface area contributed by atoms with Crippen molar-refractivity contribution in [3.63, 3.8) is 0 Å². The van der Waals surface area contributed by atoms with Crippen molar-refractivity contribution in [3.05, 3.63) is 29.8 Å². The summed E-state index contributed by atoms with van der Waals surface area (Å²) in [5, 5.41) is 3.11. The summed E-state index contributed by atoms with van der Waals surface area (Å²) in [4.78, 5) is 11.7. The van der Waals surface area contributed by atoms with E-state index in [1.54, 1.807) is 24.3 Å². The predicted molar refractivity (Wildman–Crippen MR) is 62.9 cm³/mol. The lowest BCUT2D eigenvalue weighted by molar-refractivity contribution is 0.0990. The van der Waals surface area contributed by atoms with E-state index in [0.29, 0.717) is 23.7 Å². The SMILES string of the molecule is CC(C)CNCC(=O)c1cccc(N)c1. The number of carbonyl (C=O) groups excluding carboxylic acids is 1. The molecule has 0 radical (unpaired) electrons. The average Bonchev–Trinajstić information content (AvgIpc) is 2.17. The number of Topliss-reactive ketones (excluding diaryl/α,β-unsaturated/α-hetero) is 1. The second kappa shape index (κ2) is 5.51. The van der Waals surface area contributed by atoms with Gasteiger partial charge >= 0.3 is 0 Å². The van der Waals surface area contributed by atoms with Crippen LogP contribution in [0.2, 0.25) is 0 Å². The molecule has 0 aliphatic rings. The van der Waals surface area contributed by atoms with E-state index in [1.165, 1.54) is 0 Å². The van der Waals surface area contributed by atoms with Gasteiger partial charge in [-0.05, 0) is 24.6 Å². The molecule has 15 heavy (non-hydrogen) atoms.